The molecule has 0 spiro atoms. The molecule has 8 heteroatoms. The highest BCUT2D eigenvalue weighted by atomic mass is 79.9. The first-order chi connectivity index (χ1) is 8.99. The average molecular weight is 362 g/mol. The van der Waals surface area contributed by atoms with Gasteiger partial charge in [-0.15, -0.1) is 11.3 Å². The molecule has 0 atom stereocenters. The zero-order valence-corrected chi connectivity index (χ0v) is 13.1. The van der Waals surface area contributed by atoms with E-state index in [-0.39, 0.29) is 4.90 Å². The van der Waals surface area contributed by atoms with Gasteiger partial charge in [0.2, 0.25) is 10.0 Å². The van der Waals surface area contributed by atoms with Gasteiger partial charge in [0.05, 0.1) is 9.90 Å². The van der Waals surface area contributed by atoms with Crippen molar-refractivity contribution >= 4 is 43.0 Å². The number of nitrogen functional groups attached to an aromatic ring is 1. The normalized spacial score (nSPS) is 11.6. The van der Waals surface area contributed by atoms with E-state index in [2.05, 4.69) is 25.6 Å². The third kappa shape index (κ3) is 3.75. The second-order valence-electron chi connectivity index (χ2n) is 3.76. The molecule has 0 aliphatic carbocycles. The summed E-state index contributed by atoms with van der Waals surface area (Å²) in [5.74, 6) is 0. The third-order valence-electron chi connectivity index (χ3n) is 2.40. The number of sulfonamides is 1. The van der Waals surface area contributed by atoms with E-state index >= 15 is 0 Å². The van der Waals surface area contributed by atoms with Crippen molar-refractivity contribution in [2.24, 2.45) is 0 Å². The minimum Gasteiger partial charge on any atom is -0.398 e. The lowest BCUT2D eigenvalue weighted by Crippen LogP contribution is -2.26. The van der Waals surface area contributed by atoms with Crippen LogP contribution in [-0.4, -0.2) is 19.9 Å². The molecule has 0 unspecified atom stereocenters. The quantitative estimate of drug-likeness (QED) is 0.797. The molecule has 19 heavy (non-hydrogen) atoms. The summed E-state index contributed by atoms with van der Waals surface area (Å²) in [5, 5.41) is 2.77. The van der Waals surface area contributed by atoms with Crippen molar-refractivity contribution in [3.05, 3.63) is 39.3 Å². The molecule has 0 fully saturated rings. The molecule has 3 N–H and O–H groups in total. The van der Waals surface area contributed by atoms with Crippen LogP contribution in [0.2, 0.25) is 0 Å². The lowest BCUT2D eigenvalue weighted by molar-refractivity contribution is 0.581. The molecular formula is C11H12BrN3O2S2. The van der Waals surface area contributed by atoms with Gasteiger partial charge < -0.3 is 5.73 Å². The van der Waals surface area contributed by atoms with Crippen LogP contribution in [0.4, 0.5) is 5.69 Å². The average Bonchev–Trinajstić information content (AvgIpc) is 2.85. The SMILES string of the molecule is Nc1ccc(S(=O)(=O)NCCc2nccs2)cc1Br. The maximum absolute atomic E-state index is 12.0. The number of nitrogens with two attached hydrogens (primary N) is 1. The Hall–Kier alpha value is -0.960. The molecule has 0 aliphatic rings. The van der Waals surface area contributed by atoms with Crippen LogP contribution in [0.25, 0.3) is 0 Å². The van der Waals surface area contributed by atoms with Gasteiger partial charge in [-0.2, -0.15) is 0 Å². The Morgan fingerprint density at radius 2 is 2.21 bits per heavy atom. The minimum absolute atomic E-state index is 0.188. The highest BCUT2D eigenvalue weighted by molar-refractivity contribution is 9.10. The molecule has 5 nitrogen and oxygen atoms in total. The van der Waals surface area contributed by atoms with Crippen LogP contribution in [0, 0.1) is 0 Å². The number of halogens is 1. The Morgan fingerprint density at radius 1 is 1.42 bits per heavy atom. The number of nitrogens with zero attached hydrogens (tertiary/aromatic N) is 1. The number of benzene rings is 1. The molecule has 0 bridgehead atoms. The summed E-state index contributed by atoms with van der Waals surface area (Å²) in [5.41, 5.74) is 6.13. The lowest BCUT2D eigenvalue weighted by Gasteiger charge is -2.07. The maximum Gasteiger partial charge on any atom is 0.240 e. The van der Waals surface area contributed by atoms with E-state index in [9.17, 15) is 8.42 Å². The number of aromatic nitrogens is 1. The van der Waals surface area contributed by atoms with Crippen LogP contribution in [-0.2, 0) is 16.4 Å². The summed E-state index contributed by atoms with van der Waals surface area (Å²) >= 11 is 4.72. The van der Waals surface area contributed by atoms with Crippen LogP contribution < -0.4 is 10.5 Å². The Morgan fingerprint density at radius 3 is 2.84 bits per heavy atom. The first kappa shape index (κ1) is 14.4. The van der Waals surface area contributed by atoms with Crippen molar-refractivity contribution in [2.45, 2.75) is 11.3 Å². The highest BCUT2D eigenvalue weighted by Crippen LogP contribution is 2.22. The molecule has 1 aromatic carbocycles. The number of rotatable bonds is 5. The lowest BCUT2D eigenvalue weighted by atomic mass is 10.3. The summed E-state index contributed by atoms with van der Waals surface area (Å²) < 4.78 is 27.2. The van der Waals surface area contributed by atoms with E-state index in [1.165, 1.54) is 23.5 Å². The maximum atomic E-state index is 12.0. The fourth-order valence-electron chi connectivity index (χ4n) is 1.43. The molecule has 1 heterocycles. The van der Waals surface area contributed by atoms with Crippen molar-refractivity contribution in [1.29, 1.82) is 0 Å². The summed E-state index contributed by atoms with van der Waals surface area (Å²) in [6.07, 6.45) is 2.28. The molecule has 0 aliphatic heterocycles. The monoisotopic (exact) mass is 361 g/mol. The first-order valence-electron chi connectivity index (χ1n) is 5.42. The number of nitrogens with one attached hydrogen (secondary N) is 1. The molecule has 2 rings (SSSR count). The van der Waals surface area contributed by atoms with Crippen molar-refractivity contribution < 1.29 is 8.42 Å². The molecular weight excluding hydrogens is 350 g/mol. The predicted octanol–water partition coefficient (Wildman–Crippen LogP) is 2.01. The summed E-state index contributed by atoms with van der Waals surface area (Å²) in [6.45, 7) is 0.317. The molecule has 102 valence electrons. The van der Waals surface area contributed by atoms with Crippen LogP contribution >= 0.6 is 27.3 Å². The number of hydrogen-bond donors (Lipinski definition) is 2. The topological polar surface area (TPSA) is 85.1 Å². The number of hydrogen-bond acceptors (Lipinski definition) is 5. The fraction of sp³-hybridized carbons (Fsp3) is 0.182. The summed E-state index contributed by atoms with van der Waals surface area (Å²) in [4.78, 5) is 4.28. The Bertz CT molecular complexity index is 657. The van der Waals surface area contributed by atoms with Gasteiger partial charge in [-0.1, -0.05) is 0 Å². The highest BCUT2D eigenvalue weighted by Gasteiger charge is 2.14. The largest absolute Gasteiger partial charge is 0.398 e. The van der Waals surface area contributed by atoms with Gasteiger partial charge >= 0.3 is 0 Å². The first-order valence-corrected chi connectivity index (χ1v) is 8.58. The second-order valence-corrected chi connectivity index (χ2v) is 7.36. The molecule has 0 saturated heterocycles. The van der Waals surface area contributed by atoms with E-state index in [0.717, 1.165) is 5.01 Å². The Balaban J connectivity index is 2.03. The van der Waals surface area contributed by atoms with E-state index in [1.807, 2.05) is 5.38 Å². The fourth-order valence-corrected chi connectivity index (χ4v) is 3.64. The molecule has 0 amide bonds. The molecule has 1 aromatic heterocycles. The zero-order valence-electron chi connectivity index (χ0n) is 9.84. The standard InChI is InChI=1S/C11H12BrN3O2S2/c12-9-7-8(1-2-10(9)13)19(16,17)15-4-3-11-14-5-6-18-11/h1-2,5-7,15H,3-4,13H2. The van der Waals surface area contributed by atoms with Crippen LogP contribution in [0.15, 0.2) is 39.1 Å². The van der Waals surface area contributed by atoms with Crippen LogP contribution in [0.5, 0.6) is 0 Å². The van der Waals surface area contributed by atoms with Gasteiger partial charge in [0.15, 0.2) is 0 Å². The van der Waals surface area contributed by atoms with Gasteiger partial charge in [0.1, 0.15) is 0 Å². The van der Waals surface area contributed by atoms with E-state index in [1.54, 1.807) is 12.3 Å². The molecule has 0 saturated carbocycles. The predicted molar refractivity (Wildman–Crippen MR) is 79.6 cm³/mol. The van der Waals surface area contributed by atoms with E-state index in [0.29, 0.717) is 23.1 Å². The Labute approximate surface area is 124 Å². The molecule has 2 aromatic rings. The van der Waals surface area contributed by atoms with Crippen LogP contribution in [0.3, 0.4) is 0 Å². The number of thiazole rings is 1. The third-order valence-corrected chi connectivity index (χ3v) is 5.38. The van der Waals surface area contributed by atoms with Crippen molar-refractivity contribution in [2.75, 3.05) is 12.3 Å². The van der Waals surface area contributed by atoms with Crippen molar-refractivity contribution in [1.82, 2.24) is 9.71 Å². The minimum atomic E-state index is -3.51. The Kier molecular flexibility index (Phi) is 4.56. The summed E-state index contributed by atoms with van der Waals surface area (Å²) in [7, 11) is -3.51. The smallest absolute Gasteiger partial charge is 0.240 e. The second kappa shape index (κ2) is 6.00. The van der Waals surface area contributed by atoms with Crippen molar-refractivity contribution in [3.63, 3.8) is 0 Å². The van der Waals surface area contributed by atoms with Gasteiger partial charge in [-0.25, -0.2) is 18.1 Å². The van der Waals surface area contributed by atoms with Crippen molar-refractivity contribution in [3.8, 4) is 0 Å². The van der Waals surface area contributed by atoms with E-state index < -0.39 is 10.0 Å². The number of anilines is 1. The van der Waals surface area contributed by atoms with Gasteiger partial charge in [-0.3, -0.25) is 0 Å². The molecule has 0 radical (unpaired) electrons. The van der Waals surface area contributed by atoms with Gasteiger partial charge in [-0.05, 0) is 34.1 Å². The van der Waals surface area contributed by atoms with Gasteiger partial charge in [0.25, 0.3) is 0 Å². The zero-order chi connectivity index (χ0) is 13.9. The summed E-state index contributed by atoms with van der Waals surface area (Å²) in [6, 6.07) is 4.52. The van der Waals surface area contributed by atoms with E-state index in [4.69, 9.17) is 5.73 Å². The van der Waals surface area contributed by atoms with Crippen LogP contribution in [0.1, 0.15) is 5.01 Å². The van der Waals surface area contributed by atoms with Gasteiger partial charge in [0, 0.05) is 34.7 Å².